The molecule has 0 aliphatic heterocycles. The van der Waals surface area contributed by atoms with Gasteiger partial charge >= 0.3 is 0 Å². The molecule has 0 unspecified atom stereocenters. The third-order valence-electron chi connectivity index (χ3n) is 3.61. The first-order valence-corrected chi connectivity index (χ1v) is 6.12. The predicted octanol–water partition coefficient (Wildman–Crippen LogP) is 3.90. The van der Waals surface area contributed by atoms with Crippen LogP contribution in [0.15, 0.2) is 30.3 Å². The van der Waals surface area contributed by atoms with Gasteiger partial charge in [-0.1, -0.05) is 0 Å². The van der Waals surface area contributed by atoms with Gasteiger partial charge in [-0.3, -0.25) is 0 Å². The molecule has 1 aromatic heterocycles. The van der Waals surface area contributed by atoms with E-state index in [1.54, 1.807) is 0 Å². The average molecular weight is 236 g/mol. The van der Waals surface area contributed by atoms with Crippen LogP contribution in [0.25, 0.3) is 21.8 Å². The summed E-state index contributed by atoms with van der Waals surface area (Å²) in [5.41, 5.74) is 12.4. The molecular formula is C16H16N2. The molecule has 0 saturated heterocycles. The molecule has 18 heavy (non-hydrogen) atoms. The number of fused-ring (bicyclic) bond motifs is 2. The molecule has 0 bridgehead atoms. The van der Waals surface area contributed by atoms with E-state index in [2.05, 4.69) is 38.1 Å². The Hall–Kier alpha value is -2.09. The van der Waals surface area contributed by atoms with E-state index in [0.29, 0.717) is 0 Å². The SMILES string of the molecule is Cc1cc2cc3cc(C)c(N)cc3nc2cc1C. The van der Waals surface area contributed by atoms with E-state index >= 15 is 0 Å². The van der Waals surface area contributed by atoms with Crippen LogP contribution in [0.2, 0.25) is 0 Å². The Morgan fingerprint density at radius 2 is 1.28 bits per heavy atom. The second kappa shape index (κ2) is 3.70. The lowest BCUT2D eigenvalue weighted by molar-refractivity contribution is 1.35. The van der Waals surface area contributed by atoms with Crippen LogP contribution in [0, 0.1) is 20.8 Å². The second-order valence-corrected chi connectivity index (χ2v) is 5.02. The molecule has 0 amide bonds. The minimum absolute atomic E-state index is 0.804. The van der Waals surface area contributed by atoms with E-state index < -0.39 is 0 Å². The molecule has 2 aromatic carbocycles. The first-order chi connectivity index (χ1) is 8.54. The summed E-state index contributed by atoms with van der Waals surface area (Å²) in [5, 5.41) is 2.34. The van der Waals surface area contributed by atoms with Crippen LogP contribution in [-0.4, -0.2) is 4.98 Å². The highest BCUT2D eigenvalue weighted by atomic mass is 14.7. The van der Waals surface area contributed by atoms with E-state index in [1.807, 2.05) is 13.0 Å². The number of nitrogens with zero attached hydrogens (tertiary/aromatic N) is 1. The summed E-state index contributed by atoms with van der Waals surface area (Å²) in [5.74, 6) is 0. The molecule has 2 N–H and O–H groups in total. The third kappa shape index (κ3) is 1.61. The monoisotopic (exact) mass is 236 g/mol. The van der Waals surface area contributed by atoms with Gasteiger partial charge in [0.1, 0.15) is 0 Å². The normalized spacial score (nSPS) is 11.3. The Kier molecular flexibility index (Phi) is 2.27. The van der Waals surface area contributed by atoms with Crippen molar-refractivity contribution in [1.82, 2.24) is 4.98 Å². The van der Waals surface area contributed by atoms with Crippen LogP contribution in [0.4, 0.5) is 5.69 Å². The molecule has 90 valence electrons. The minimum Gasteiger partial charge on any atom is -0.398 e. The molecule has 2 nitrogen and oxygen atoms in total. The van der Waals surface area contributed by atoms with Crippen molar-refractivity contribution in [1.29, 1.82) is 0 Å². The number of aromatic nitrogens is 1. The Morgan fingerprint density at radius 1 is 0.722 bits per heavy atom. The van der Waals surface area contributed by atoms with E-state index in [4.69, 9.17) is 10.7 Å². The van der Waals surface area contributed by atoms with Crippen molar-refractivity contribution in [2.75, 3.05) is 5.73 Å². The minimum atomic E-state index is 0.804. The summed E-state index contributed by atoms with van der Waals surface area (Å²) >= 11 is 0. The summed E-state index contributed by atoms with van der Waals surface area (Å²) < 4.78 is 0. The lowest BCUT2D eigenvalue weighted by Gasteiger charge is -2.07. The fraction of sp³-hybridized carbons (Fsp3) is 0.188. The van der Waals surface area contributed by atoms with Gasteiger partial charge in [0.25, 0.3) is 0 Å². The molecule has 0 fully saturated rings. The molecule has 0 radical (unpaired) electrons. The lowest BCUT2D eigenvalue weighted by atomic mass is 10.0. The van der Waals surface area contributed by atoms with Crippen molar-refractivity contribution >= 4 is 27.5 Å². The molecule has 0 spiro atoms. The maximum absolute atomic E-state index is 5.94. The number of nitrogen functional groups attached to an aromatic ring is 1. The molecule has 0 saturated carbocycles. The van der Waals surface area contributed by atoms with Crippen LogP contribution in [0.1, 0.15) is 16.7 Å². The fourth-order valence-corrected chi connectivity index (χ4v) is 2.28. The van der Waals surface area contributed by atoms with Gasteiger partial charge in [-0.25, -0.2) is 4.98 Å². The van der Waals surface area contributed by atoms with Crippen molar-refractivity contribution in [3.63, 3.8) is 0 Å². The Bertz CT molecular complexity index is 644. The Morgan fingerprint density at radius 3 is 2.00 bits per heavy atom. The average Bonchev–Trinajstić information content (AvgIpc) is 2.31. The molecule has 1 heterocycles. The third-order valence-corrected chi connectivity index (χ3v) is 3.61. The molecule has 3 aromatic rings. The van der Waals surface area contributed by atoms with Crippen LogP contribution >= 0.6 is 0 Å². The zero-order chi connectivity index (χ0) is 12.9. The number of aryl methyl sites for hydroxylation is 3. The summed E-state index contributed by atoms with van der Waals surface area (Å²) in [6.45, 7) is 6.27. The van der Waals surface area contributed by atoms with Gasteiger partial charge in [-0.15, -0.1) is 0 Å². The number of pyridine rings is 1. The predicted molar refractivity (Wildman–Crippen MR) is 77.9 cm³/mol. The van der Waals surface area contributed by atoms with Crippen molar-refractivity contribution in [2.45, 2.75) is 20.8 Å². The number of nitrogens with two attached hydrogens (primary N) is 1. The van der Waals surface area contributed by atoms with Crippen molar-refractivity contribution in [2.24, 2.45) is 0 Å². The van der Waals surface area contributed by atoms with Crippen LogP contribution < -0.4 is 5.73 Å². The summed E-state index contributed by atoms with van der Waals surface area (Å²) in [7, 11) is 0. The van der Waals surface area contributed by atoms with E-state index in [9.17, 15) is 0 Å². The molecule has 3 rings (SSSR count). The highest BCUT2D eigenvalue weighted by Crippen LogP contribution is 2.25. The van der Waals surface area contributed by atoms with E-state index in [-0.39, 0.29) is 0 Å². The first kappa shape index (κ1) is 11.0. The summed E-state index contributed by atoms with van der Waals surface area (Å²) in [4.78, 5) is 4.70. The molecule has 2 heteroatoms. The lowest BCUT2D eigenvalue weighted by Crippen LogP contribution is -1.92. The van der Waals surface area contributed by atoms with Crippen LogP contribution in [0.5, 0.6) is 0 Å². The highest BCUT2D eigenvalue weighted by molar-refractivity contribution is 5.95. The number of hydrogen-bond donors (Lipinski definition) is 1. The largest absolute Gasteiger partial charge is 0.398 e. The van der Waals surface area contributed by atoms with Crippen molar-refractivity contribution in [3.05, 3.63) is 47.0 Å². The number of rotatable bonds is 0. The topological polar surface area (TPSA) is 38.9 Å². The van der Waals surface area contributed by atoms with E-state index in [1.165, 1.54) is 16.5 Å². The highest BCUT2D eigenvalue weighted by Gasteiger charge is 2.04. The molecule has 0 aliphatic rings. The van der Waals surface area contributed by atoms with Crippen molar-refractivity contribution < 1.29 is 0 Å². The standard InChI is InChI=1S/C16H16N2/c1-9-4-12-7-13-5-11(3)14(17)8-16(13)18-15(12)6-10(9)2/h4-8H,17H2,1-3H3. The smallest absolute Gasteiger partial charge is 0.0730 e. The number of hydrogen-bond acceptors (Lipinski definition) is 2. The second-order valence-electron chi connectivity index (χ2n) is 5.02. The van der Waals surface area contributed by atoms with Crippen LogP contribution in [0.3, 0.4) is 0 Å². The maximum atomic E-state index is 5.94. The zero-order valence-corrected chi connectivity index (χ0v) is 10.9. The Labute approximate surface area is 106 Å². The first-order valence-electron chi connectivity index (χ1n) is 6.12. The number of benzene rings is 2. The maximum Gasteiger partial charge on any atom is 0.0730 e. The van der Waals surface area contributed by atoms with Gasteiger partial charge in [-0.2, -0.15) is 0 Å². The van der Waals surface area contributed by atoms with Gasteiger partial charge in [0.2, 0.25) is 0 Å². The van der Waals surface area contributed by atoms with E-state index in [0.717, 1.165) is 27.7 Å². The van der Waals surface area contributed by atoms with Gasteiger partial charge < -0.3 is 5.73 Å². The molecular weight excluding hydrogens is 220 g/mol. The summed E-state index contributed by atoms with van der Waals surface area (Å²) in [6.07, 6.45) is 0. The zero-order valence-electron chi connectivity index (χ0n) is 10.9. The molecule has 0 aliphatic carbocycles. The Balaban J connectivity index is 2.43. The summed E-state index contributed by atoms with van der Waals surface area (Å²) in [6, 6.07) is 10.6. The molecule has 0 atom stereocenters. The van der Waals surface area contributed by atoms with Crippen LogP contribution in [-0.2, 0) is 0 Å². The van der Waals surface area contributed by atoms with Gasteiger partial charge in [0.05, 0.1) is 11.0 Å². The van der Waals surface area contributed by atoms with Gasteiger partial charge in [0.15, 0.2) is 0 Å². The van der Waals surface area contributed by atoms with Gasteiger partial charge in [0, 0.05) is 16.5 Å². The number of anilines is 1. The fourth-order valence-electron chi connectivity index (χ4n) is 2.28. The van der Waals surface area contributed by atoms with Crippen molar-refractivity contribution in [3.8, 4) is 0 Å². The quantitative estimate of drug-likeness (QED) is 0.475. The van der Waals surface area contributed by atoms with Gasteiger partial charge in [-0.05, 0) is 67.8 Å².